The zero-order valence-electron chi connectivity index (χ0n) is 16.0. The van der Waals surface area contributed by atoms with Crippen LogP contribution in [0.5, 0.6) is 0 Å². The van der Waals surface area contributed by atoms with Gasteiger partial charge in [-0.25, -0.2) is 4.68 Å². The number of nitrogens with one attached hydrogen (secondary N) is 1. The van der Waals surface area contributed by atoms with Gasteiger partial charge in [-0.05, 0) is 37.7 Å². The van der Waals surface area contributed by atoms with Crippen molar-refractivity contribution in [3.8, 4) is 5.69 Å². The van der Waals surface area contributed by atoms with E-state index in [1.54, 1.807) is 0 Å². The number of aromatic amines is 1. The minimum absolute atomic E-state index is 0.0178. The van der Waals surface area contributed by atoms with Gasteiger partial charge in [0.1, 0.15) is 5.69 Å². The van der Waals surface area contributed by atoms with Crippen molar-refractivity contribution in [2.45, 2.75) is 73.6 Å². The Balaban J connectivity index is 2.63. The van der Waals surface area contributed by atoms with Crippen LogP contribution in [-0.2, 0) is 18.3 Å². The molecule has 2 rings (SSSR count). The summed E-state index contributed by atoms with van der Waals surface area (Å²) in [5.74, 6) is 1.18. The molecule has 0 bridgehead atoms. The highest BCUT2D eigenvalue weighted by atomic mass is 15.3. The summed E-state index contributed by atoms with van der Waals surface area (Å²) in [7, 11) is 0. The van der Waals surface area contributed by atoms with Crippen LogP contribution >= 0.6 is 0 Å². The van der Waals surface area contributed by atoms with Gasteiger partial charge in [-0.3, -0.25) is 5.10 Å². The summed E-state index contributed by atoms with van der Waals surface area (Å²) in [5.41, 5.74) is 5.77. The lowest BCUT2D eigenvalue weighted by molar-refractivity contribution is 0.556. The molecule has 1 N–H and O–H groups in total. The molecule has 0 amide bonds. The van der Waals surface area contributed by atoms with Gasteiger partial charge in [-0.2, -0.15) is 10.2 Å². The van der Waals surface area contributed by atoms with Gasteiger partial charge < -0.3 is 0 Å². The highest BCUT2D eigenvalue weighted by Crippen LogP contribution is 2.31. The van der Waals surface area contributed by atoms with E-state index in [0.29, 0.717) is 11.8 Å². The first-order valence-electron chi connectivity index (χ1n) is 8.73. The number of rotatable bonds is 5. The van der Waals surface area contributed by atoms with Crippen LogP contribution in [0, 0.1) is 18.8 Å². The Kier molecular flexibility index (Phi) is 5.02. The van der Waals surface area contributed by atoms with Crippen LogP contribution in [-0.4, -0.2) is 20.0 Å². The maximum atomic E-state index is 4.80. The molecule has 2 aromatic heterocycles. The summed E-state index contributed by atoms with van der Waals surface area (Å²) in [4.78, 5) is 0. The van der Waals surface area contributed by atoms with E-state index in [1.165, 1.54) is 11.4 Å². The van der Waals surface area contributed by atoms with Crippen LogP contribution in [0.4, 0.5) is 0 Å². The first kappa shape index (κ1) is 17.8. The molecule has 23 heavy (non-hydrogen) atoms. The van der Waals surface area contributed by atoms with Gasteiger partial charge in [0.25, 0.3) is 0 Å². The summed E-state index contributed by atoms with van der Waals surface area (Å²) >= 11 is 0. The third kappa shape index (κ3) is 4.04. The van der Waals surface area contributed by atoms with Crippen LogP contribution in [0.25, 0.3) is 5.69 Å². The third-order valence-corrected chi connectivity index (χ3v) is 3.87. The number of aryl methyl sites for hydroxylation is 1. The van der Waals surface area contributed by atoms with Crippen LogP contribution in [0.2, 0.25) is 0 Å². The summed E-state index contributed by atoms with van der Waals surface area (Å²) in [6, 6.07) is 2.21. The first-order valence-corrected chi connectivity index (χ1v) is 8.73. The Morgan fingerprint density at radius 3 is 2.22 bits per heavy atom. The Labute approximate surface area is 140 Å². The molecule has 0 aromatic carbocycles. The Bertz CT molecular complexity index is 653. The molecule has 4 heteroatoms. The molecule has 0 unspecified atom stereocenters. The molecule has 0 radical (unpaired) electrons. The average molecular weight is 316 g/mol. The molecule has 0 aliphatic rings. The molecular formula is C19H32N4. The topological polar surface area (TPSA) is 46.5 Å². The molecule has 0 spiro atoms. The van der Waals surface area contributed by atoms with E-state index < -0.39 is 0 Å². The fraction of sp³-hybridized carbons (Fsp3) is 0.684. The minimum atomic E-state index is -0.0178. The quantitative estimate of drug-likeness (QED) is 0.876. The number of hydrogen-bond donors (Lipinski definition) is 1. The highest BCUT2D eigenvalue weighted by molar-refractivity contribution is 5.46. The monoisotopic (exact) mass is 316 g/mol. The van der Waals surface area contributed by atoms with Gasteiger partial charge in [0.15, 0.2) is 0 Å². The fourth-order valence-electron chi connectivity index (χ4n) is 2.98. The van der Waals surface area contributed by atoms with Crippen molar-refractivity contribution in [1.82, 2.24) is 20.0 Å². The van der Waals surface area contributed by atoms with Crippen LogP contribution in [0.15, 0.2) is 6.07 Å². The second-order valence-corrected chi connectivity index (χ2v) is 8.53. The molecule has 2 aromatic rings. The lowest BCUT2D eigenvalue weighted by Crippen LogP contribution is -2.18. The predicted octanol–water partition coefficient (Wildman–Crippen LogP) is 4.60. The second-order valence-electron chi connectivity index (χ2n) is 8.53. The standard InChI is InChI=1S/C19H32N4/c1-12(2)9-15-11-14(5)22-23(15)17-16(10-13(3)4)20-21-18(17)19(6,7)8/h11-13H,9-10H2,1-8H3,(H,20,21). The van der Waals surface area contributed by atoms with Gasteiger partial charge in [0.2, 0.25) is 0 Å². The summed E-state index contributed by atoms with van der Waals surface area (Å²) in [6.07, 6.45) is 2.01. The molecule has 4 nitrogen and oxygen atoms in total. The van der Waals surface area contributed by atoms with E-state index in [1.807, 2.05) is 0 Å². The lowest BCUT2D eigenvalue weighted by atomic mass is 9.90. The average Bonchev–Trinajstić information content (AvgIpc) is 2.90. The van der Waals surface area contributed by atoms with Crippen molar-refractivity contribution >= 4 is 0 Å². The zero-order chi connectivity index (χ0) is 17.4. The molecule has 128 valence electrons. The van der Waals surface area contributed by atoms with Crippen LogP contribution in [0.3, 0.4) is 0 Å². The predicted molar refractivity (Wildman–Crippen MR) is 96.2 cm³/mol. The summed E-state index contributed by atoms with van der Waals surface area (Å²) < 4.78 is 2.14. The molecular weight excluding hydrogens is 284 g/mol. The summed E-state index contributed by atoms with van der Waals surface area (Å²) in [5, 5.41) is 12.8. The van der Waals surface area contributed by atoms with Gasteiger partial charge in [0.05, 0.1) is 17.1 Å². The number of aromatic nitrogens is 4. The summed E-state index contributed by atoms with van der Waals surface area (Å²) in [6.45, 7) is 17.7. The van der Waals surface area contributed by atoms with E-state index in [0.717, 1.165) is 29.9 Å². The highest BCUT2D eigenvalue weighted by Gasteiger charge is 2.27. The smallest absolute Gasteiger partial charge is 0.109 e. The van der Waals surface area contributed by atoms with Crippen LogP contribution in [0.1, 0.15) is 71.2 Å². The van der Waals surface area contributed by atoms with Gasteiger partial charge >= 0.3 is 0 Å². The fourth-order valence-corrected chi connectivity index (χ4v) is 2.98. The molecule has 0 aliphatic heterocycles. The van der Waals surface area contributed by atoms with E-state index in [9.17, 15) is 0 Å². The molecule has 0 aliphatic carbocycles. The molecule has 0 atom stereocenters. The third-order valence-electron chi connectivity index (χ3n) is 3.87. The number of nitrogens with zero attached hydrogens (tertiary/aromatic N) is 3. The Hall–Kier alpha value is -1.58. The number of hydrogen-bond acceptors (Lipinski definition) is 2. The maximum absolute atomic E-state index is 4.80. The molecule has 0 saturated heterocycles. The largest absolute Gasteiger partial charge is 0.280 e. The van der Waals surface area contributed by atoms with Crippen LogP contribution < -0.4 is 0 Å². The lowest BCUT2D eigenvalue weighted by Gasteiger charge is -2.20. The van der Waals surface area contributed by atoms with Gasteiger partial charge in [0, 0.05) is 11.1 Å². The molecule has 0 saturated carbocycles. The SMILES string of the molecule is Cc1cc(CC(C)C)n(-c2c(C(C)(C)C)n[nH]c2CC(C)C)n1. The number of H-pyrrole nitrogens is 1. The van der Waals surface area contributed by atoms with Crippen molar-refractivity contribution in [3.63, 3.8) is 0 Å². The van der Waals surface area contributed by atoms with Crippen molar-refractivity contribution in [1.29, 1.82) is 0 Å². The van der Waals surface area contributed by atoms with Gasteiger partial charge in [-0.1, -0.05) is 48.5 Å². The van der Waals surface area contributed by atoms with Gasteiger partial charge in [-0.15, -0.1) is 0 Å². The van der Waals surface area contributed by atoms with Crippen molar-refractivity contribution in [2.75, 3.05) is 0 Å². The normalized spacial score (nSPS) is 12.6. The molecule has 0 fully saturated rings. The Morgan fingerprint density at radius 2 is 1.70 bits per heavy atom. The maximum Gasteiger partial charge on any atom is 0.109 e. The zero-order valence-corrected chi connectivity index (χ0v) is 16.0. The van der Waals surface area contributed by atoms with Crippen molar-refractivity contribution in [3.05, 3.63) is 28.8 Å². The van der Waals surface area contributed by atoms with E-state index >= 15 is 0 Å². The van der Waals surface area contributed by atoms with E-state index in [4.69, 9.17) is 5.10 Å². The first-order chi connectivity index (χ1) is 10.6. The molecule has 2 heterocycles. The van der Waals surface area contributed by atoms with Crippen molar-refractivity contribution in [2.24, 2.45) is 11.8 Å². The van der Waals surface area contributed by atoms with Crippen molar-refractivity contribution < 1.29 is 0 Å². The minimum Gasteiger partial charge on any atom is -0.280 e. The van der Waals surface area contributed by atoms with E-state index in [-0.39, 0.29) is 5.41 Å². The van der Waals surface area contributed by atoms with E-state index in [2.05, 4.69) is 76.3 Å². The Morgan fingerprint density at radius 1 is 1.09 bits per heavy atom. The second kappa shape index (κ2) is 6.50.